The lowest BCUT2D eigenvalue weighted by Crippen LogP contribution is -2.51. The zero-order valence-corrected chi connectivity index (χ0v) is 24.9. The van der Waals surface area contributed by atoms with Crippen molar-refractivity contribution in [3.05, 3.63) is 149 Å². The molecule has 1 aromatic heterocycles. The van der Waals surface area contributed by atoms with Crippen molar-refractivity contribution in [1.82, 2.24) is 4.98 Å². The lowest BCUT2D eigenvalue weighted by atomic mass is 9.77. The number of rotatable bonds is 4. The molecule has 1 atom stereocenters. The summed E-state index contributed by atoms with van der Waals surface area (Å²) in [6.07, 6.45) is 6.77. The van der Waals surface area contributed by atoms with Gasteiger partial charge < -0.3 is 25.0 Å². The Morgan fingerprint density at radius 2 is 1.53 bits per heavy atom. The Bertz CT molecular complexity index is 2770. The minimum Gasteiger partial charge on any atom is -0.510 e. The van der Waals surface area contributed by atoms with E-state index in [-0.39, 0.29) is 23.8 Å². The number of aromatic hydroxyl groups is 1. The maximum absolute atomic E-state index is 14.1. The lowest BCUT2D eigenvalue weighted by molar-refractivity contribution is 0.362. The topological polar surface area (TPSA) is 171 Å². The monoisotopic (exact) mass is 633 g/mol. The quantitative estimate of drug-likeness (QED) is 0.216. The normalized spacial score (nSPS) is 17.2. The van der Waals surface area contributed by atoms with Gasteiger partial charge in [-0.2, -0.15) is 0 Å². The molecule has 0 saturated heterocycles. The average Bonchev–Trinajstić information content (AvgIpc) is 3.54. The van der Waals surface area contributed by atoms with Gasteiger partial charge in [0.25, 0.3) is 5.56 Å². The molecule has 3 aromatic rings. The highest BCUT2D eigenvalue weighted by Crippen LogP contribution is 2.56. The molecule has 0 aliphatic heterocycles. The summed E-state index contributed by atoms with van der Waals surface area (Å²) in [7, 11) is 1.11. The van der Waals surface area contributed by atoms with Crippen molar-refractivity contribution in [2.45, 2.75) is 25.2 Å². The van der Waals surface area contributed by atoms with Gasteiger partial charge in [0.05, 0.1) is 33.4 Å². The van der Waals surface area contributed by atoms with E-state index in [9.17, 15) is 43.7 Å². The SMILES string of the molecule is C/C=C/C=C/c1cc2c(-c3ccc(F)cc3)c3c(c(O)c2c(=O)[nH]1)[C@@]1(CC3)C(O)=c2c(=O)c3c(=O)cc(OC)c(=O)c=3c(=O)c2=C1O. The van der Waals surface area contributed by atoms with Gasteiger partial charge in [-0.3, -0.25) is 24.0 Å². The predicted octanol–water partition coefficient (Wildman–Crippen LogP) is 1.91. The number of hydrogen-bond donors (Lipinski definition) is 4. The van der Waals surface area contributed by atoms with E-state index < -0.39 is 82.4 Å². The summed E-state index contributed by atoms with van der Waals surface area (Å²) < 4.78 is 19.0. The van der Waals surface area contributed by atoms with Crippen LogP contribution in [0.2, 0.25) is 0 Å². The van der Waals surface area contributed by atoms with E-state index in [0.717, 1.165) is 13.2 Å². The Morgan fingerprint density at radius 1 is 0.872 bits per heavy atom. The molecule has 1 spiro atoms. The number of pyridine rings is 1. The highest BCUT2D eigenvalue weighted by Gasteiger charge is 2.54. The number of H-pyrrole nitrogens is 1. The Hall–Kier alpha value is -6.10. The summed E-state index contributed by atoms with van der Waals surface area (Å²) in [6, 6.07) is 7.81. The van der Waals surface area contributed by atoms with Crippen LogP contribution in [0.5, 0.6) is 11.5 Å². The lowest BCUT2D eigenvalue weighted by Gasteiger charge is -2.28. The third-order valence-corrected chi connectivity index (χ3v) is 9.16. The van der Waals surface area contributed by atoms with E-state index in [2.05, 4.69) is 4.98 Å². The molecule has 10 nitrogen and oxygen atoms in total. The second-order valence-electron chi connectivity index (χ2n) is 11.5. The molecule has 0 saturated carbocycles. The minimum absolute atomic E-state index is 0.0551. The Morgan fingerprint density at radius 3 is 2.17 bits per heavy atom. The van der Waals surface area contributed by atoms with Crippen molar-refractivity contribution in [3.63, 3.8) is 0 Å². The first-order valence-corrected chi connectivity index (χ1v) is 14.5. The highest BCUT2D eigenvalue weighted by atomic mass is 19.1. The van der Waals surface area contributed by atoms with Gasteiger partial charge in [0.1, 0.15) is 28.5 Å². The summed E-state index contributed by atoms with van der Waals surface area (Å²) in [5.41, 5.74) is -5.68. The van der Waals surface area contributed by atoms with Crippen LogP contribution in [0.1, 0.15) is 30.2 Å². The molecule has 234 valence electrons. The summed E-state index contributed by atoms with van der Waals surface area (Å²) in [5.74, 6) is -3.24. The number of allylic oxidation sites excluding steroid dienone is 3. The van der Waals surface area contributed by atoms with Crippen LogP contribution in [0, 0.1) is 16.3 Å². The van der Waals surface area contributed by atoms with Crippen LogP contribution in [0.3, 0.4) is 0 Å². The molecule has 4 aliphatic rings. The van der Waals surface area contributed by atoms with Gasteiger partial charge in [0.15, 0.2) is 11.2 Å². The van der Waals surface area contributed by atoms with Crippen molar-refractivity contribution in [3.8, 4) is 22.6 Å². The van der Waals surface area contributed by atoms with Crippen molar-refractivity contribution in [1.29, 1.82) is 0 Å². The van der Waals surface area contributed by atoms with Gasteiger partial charge in [0.2, 0.25) is 16.3 Å². The van der Waals surface area contributed by atoms with Crippen molar-refractivity contribution in [2.24, 2.45) is 0 Å². The number of halogens is 1. The van der Waals surface area contributed by atoms with Crippen LogP contribution in [-0.2, 0) is 11.8 Å². The Balaban J connectivity index is 1.68. The molecule has 0 unspecified atom stereocenters. The van der Waals surface area contributed by atoms with E-state index in [0.29, 0.717) is 27.8 Å². The Kier molecular flexibility index (Phi) is 6.43. The molecule has 11 heteroatoms. The average molecular weight is 634 g/mol. The summed E-state index contributed by atoms with van der Waals surface area (Å²) >= 11 is 0. The summed E-state index contributed by atoms with van der Waals surface area (Å²) in [5, 5.41) is 32.7. The van der Waals surface area contributed by atoms with Crippen LogP contribution >= 0.6 is 0 Å². The van der Waals surface area contributed by atoms with E-state index in [4.69, 9.17) is 4.74 Å². The van der Waals surface area contributed by atoms with Crippen molar-refractivity contribution >= 4 is 28.4 Å². The molecule has 0 fully saturated rings. The molecule has 0 radical (unpaired) electrons. The fourth-order valence-electron chi connectivity index (χ4n) is 7.17. The number of phenolic OH excluding ortho intramolecular Hbond substituents is 1. The van der Waals surface area contributed by atoms with Crippen LogP contribution in [-0.4, -0.2) is 27.4 Å². The maximum Gasteiger partial charge on any atom is 0.260 e. The summed E-state index contributed by atoms with van der Waals surface area (Å²) in [6.45, 7) is 1.82. The molecule has 4 N–H and O–H groups in total. The number of hydrogen-bond acceptors (Lipinski definition) is 9. The van der Waals surface area contributed by atoms with Crippen molar-refractivity contribution in [2.75, 3.05) is 7.11 Å². The van der Waals surface area contributed by atoms with Crippen LogP contribution in [0.15, 0.2) is 78.6 Å². The maximum atomic E-state index is 14.1. The standard InChI is InChI=1S/C36H24FNO9/c1-3-4-5-6-17-13-19-22(15-7-9-16(37)10-8-15)18-11-12-36(28(18)32(43)23(19)35(46)38-17)33(44)26-27(34(36)45)31(42)25-24(30(26)41)20(39)14-21(47-2)29(25)40/h3-10,13-14,43-45H,11-12H2,1-2H3,(H,38,46)/b4-3+,6-5+/t36-/m0/s1. The molecule has 7 rings (SSSR count). The van der Waals surface area contributed by atoms with E-state index in [1.807, 2.05) is 6.92 Å². The molecule has 0 amide bonds. The number of nitrogens with one attached hydrogen (secondary N) is 1. The molecule has 2 aromatic carbocycles. The molecule has 0 bridgehead atoms. The smallest absolute Gasteiger partial charge is 0.260 e. The summed E-state index contributed by atoms with van der Waals surface area (Å²) in [4.78, 5) is 70.0. The third kappa shape index (κ3) is 3.79. The van der Waals surface area contributed by atoms with Gasteiger partial charge in [-0.1, -0.05) is 30.4 Å². The first-order valence-electron chi connectivity index (χ1n) is 14.5. The predicted molar refractivity (Wildman–Crippen MR) is 173 cm³/mol. The zero-order valence-electron chi connectivity index (χ0n) is 24.9. The van der Waals surface area contributed by atoms with Crippen molar-refractivity contribution < 1.29 is 24.4 Å². The van der Waals surface area contributed by atoms with E-state index in [1.165, 1.54) is 24.3 Å². The third-order valence-electron chi connectivity index (χ3n) is 9.16. The second kappa shape index (κ2) is 10.2. The number of aliphatic hydroxyl groups excluding tert-OH is 2. The number of aliphatic hydroxyl groups is 2. The number of phenols is 1. The van der Waals surface area contributed by atoms with Gasteiger partial charge in [-0.15, -0.1) is 0 Å². The van der Waals surface area contributed by atoms with Gasteiger partial charge >= 0.3 is 0 Å². The number of aromatic nitrogens is 1. The zero-order chi connectivity index (χ0) is 33.5. The number of ether oxygens (including phenoxy) is 1. The molecule has 1 heterocycles. The number of fused-ring (bicyclic) bond motifs is 4. The number of benzene rings is 2. The first kappa shape index (κ1) is 29.6. The van der Waals surface area contributed by atoms with Crippen LogP contribution in [0.25, 0.3) is 39.5 Å². The number of methoxy groups -OCH3 is 1. The van der Waals surface area contributed by atoms with E-state index in [1.54, 1.807) is 30.4 Å². The van der Waals surface area contributed by atoms with Gasteiger partial charge in [-0.25, -0.2) is 4.39 Å². The van der Waals surface area contributed by atoms with Gasteiger partial charge in [-0.05, 0) is 60.7 Å². The van der Waals surface area contributed by atoms with Gasteiger partial charge in [0, 0.05) is 22.7 Å². The number of aromatic amines is 1. The van der Waals surface area contributed by atoms with Crippen LogP contribution in [0.4, 0.5) is 4.39 Å². The second-order valence-corrected chi connectivity index (χ2v) is 11.5. The fourth-order valence-corrected chi connectivity index (χ4v) is 7.17. The molecular weight excluding hydrogens is 609 g/mol. The van der Waals surface area contributed by atoms with Crippen LogP contribution < -0.4 is 42.4 Å². The largest absolute Gasteiger partial charge is 0.510 e. The minimum atomic E-state index is -2.09. The molecule has 4 aliphatic carbocycles. The molecule has 47 heavy (non-hydrogen) atoms. The highest BCUT2D eigenvalue weighted by molar-refractivity contribution is 6.05. The fraction of sp³-hybridized carbons (Fsp3) is 0.139. The Labute approximate surface area is 262 Å². The van der Waals surface area contributed by atoms with E-state index >= 15 is 0 Å². The first-order chi connectivity index (χ1) is 22.5. The molecular formula is C36H24FNO9.